The predicted molar refractivity (Wildman–Crippen MR) is 95.8 cm³/mol. The maximum absolute atomic E-state index is 12.8. The van der Waals surface area contributed by atoms with Gasteiger partial charge in [0.1, 0.15) is 11.4 Å². The number of carbonyl (C=O) groups is 1. The van der Waals surface area contributed by atoms with Crippen LogP contribution >= 0.6 is 0 Å². The lowest BCUT2D eigenvalue weighted by atomic mass is 10.2. The highest BCUT2D eigenvalue weighted by Gasteiger charge is 2.30. The average Bonchev–Trinajstić information content (AvgIpc) is 3.34. The van der Waals surface area contributed by atoms with Crippen molar-refractivity contribution in [2.45, 2.75) is 12.5 Å². The van der Waals surface area contributed by atoms with Crippen molar-refractivity contribution in [2.24, 2.45) is 0 Å². The summed E-state index contributed by atoms with van der Waals surface area (Å²) in [7, 11) is -3.07. The minimum atomic E-state index is -3.07. The maximum Gasteiger partial charge on any atom is 0.270 e. The van der Waals surface area contributed by atoms with Crippen molar-refractivity contribution in [1.29, 1.82) is 0 Å². The van der Waals surface area contributed by atoms with Crippen molar-refractivity contribution in [3.05, 3.63) is 60.5 Å². The molecule has 1 aliphatic heterocycles. The van der Waals surface area contributed by atoms with Crippen molar-refractivity contribution in [3.8, 4) is 17.1 Å². The zero-order valence-corrected chi connectivity index (χ0v) is 14.6. The summed E-state index contributed by atoms with van der Waals surface area (Å²) in [6, 6.07) is 14.1. The van der Waals surface area contributed by atoms with Gasteiger partial charge in [0.2, 0.25) is 0 Å². The second kappa shape index (κ2) is 6.45. The molecule has 1 fully saturated rings. The number of hydrogen-bond donors (Lipinski definition) is 1. The van der Waals surface area contributed by atoms with E-state index in [4.69, 9.17) is 4.42 Å². The highest BCUT2D eigenvalue weighted by Crippen LogP contribution is 2.22. The summed E-state index contributed by atoms with van der Waals surface area (Å²) >= 11 is 0. The quantitative estimate of drug-likeness (QED) is 0.757. The molecular weight excluding hydrogens is 354 g/mol. The van der Waals surface area contributed by atoms with Crippen LogP contribution < -0.4 is 5.32 Å². The molecular formula is C18H17N3O4S. The number of furan rings is 1. The summed E-state index contributed by atoms with van der Waals surface area (Å²) in [6.45, 7) is 0. The third kappa shape index (κ3) is 3.28. The maximum atomic E-state index is 12.8. The van der Waals surface area contributed by atoms with Crippen LogP contribution in [0.15, 0.2) is 59.2 Å². The topological polar surface area (TPSA) is 94.2 Å². The number of benzene rings is 1. The summed E-state index contributed by atoms with van der Waals surface area (Å²) in [5.74, 6) is 0.273. The molecule has 2 aromatic heterocycles. The Labute approximate surface area is 150 Å². The number of nitrogens with one attached hydrogen (secondary N) is 1. The smallest absolute Gasteiger partial charge is 0.270 e. The van der Waals surface area contributed by atoms with Gasteiger partial charge in [0.25, 0.3) is 5.91 Å². The van der Waals surface area contributed by atoms with E-state index in [9.17, 15) is 13.2 Å². The number of amides is 1. The van der Waals surface area contributed by atoms with Gasteiger partial charge in [-0.15, -0.1) is 0 Å². The Morgan fingerprint density at radius 3 is 2.65 bits per heavy atom. The fourth-order valence-electron chi connectivity index (χ4n) is 3.02. The second-order valence-electron chi connectivity index (χ2n) is 6.21. The molecule has 3 aromatic rings. The Balaban J connectivity index is 1.68. The SMILES string of the molecule is O=C(NC1CCS(=O)(=O)C1)c1cc(-c2ccco2)nn1-c1ccccc1. The number of rotatable bonds is 4. The third-order valence-corrected chi connectivity index (χ3v) is 6.05. The predicted octanol–water partition coefficient (Wildman–Crippen LogP) is 2.05. The molecule has 1 N–H and O–H groups in total. The van der Waals surface area contributed by atoms with Crippen molar-refractivity contribution in [1.82, 2.24) is 15.1 Å². The largest absolute Gasteiger partial charge is 0.463 e. The molecule has 1 atom stereocenters. The second-order valence-corrected chi connectivity index (χ2v) is 8.44. The summed E-state index contributed by atoms with van der Waals surface area (Å²) in [5, 5.41) is 7.30. The number of para-hydroxylation sites is 1. The van der Waals surface area contributed by atoms with Gasteiger partial charge in [-0.2, -0.15) is 5.10 Å². The molecule has 3 heterocycles. The van der Waals surface area contributed by atoms with E-state index in [1.807, 2.05) is 30.3 Å². The normalized spacial score (nSPS) is 18.7. The monoisotopic (exact) mass is 371 g/mol. The first-order valence-corrected chi connectivity index (χ1v) is 10.0. The summed E-state index contributed by atoms with van der Waals surface area (Å²) < 4.78 is 30.2. The molecule has 1 unspecified atom stereocenters. The molecule has 26 heavy (non-hydrogen) atoms. The van der Waals surface area contributed by atoms with Crippen LogP contribution in [-0.2, 0) is 9.84 Å². The molecule has 0 saturated carbocycles. The van der Waals surface area contributed by atoms with E-state index in [0.717, 1.165) is 5.69 Å². The molecule has 1 saturated heterocycles. The zero-order chi connectivity index (χ0) is 18.1. The minimum absolute atomic E-state index is 0.0245. The molecule has 8 heteroatoms. The van der Waals surface area contributed by atoms with Crippen molar-refractivity contribution in [3.63, 3.8) is 0 Å². The van der Waals surface area contributed by atoms with E-state index in [1.54, 1.807) is 24.5 Å². The Morgan fingerprint density at radius 1 is 1.19 bits per heavy atom. The van der Waals surface area contributed by atoms with Crippen LogP contribution in [0, 0.1) is 0 Å². The van der Waals surface area contributed by atoms with Crippen molar-refractivity contribution in [2.75, 3.05) is 11.5 Å². The van der Waals surface area contributed by atoms with Gasteiger partial charge in [-0.1, -0.05) is 18.2 Å². The lowest BCUT2D eigenvalue weighted by Gasteiger charge is -2.12. The Bertz CT molecular complexity index is 1020. The van der Waals surface area contributed by atoms with E-state index in [0.29, 0.717) is 23.6 Å². The van der Waals surface area contributed by atoms with Crippen molar-refractivity contribution >= 4 is 15.7 Å². The Morgan fingerprint density at radius 2 is 2.00 bits per heavy atom. The fourth-order valence-corrected chi connectivity index (χ4v) is 4.70. The number of hydrogen-bond acceptors (Lipinski definition) is 5. The Kier molecular flexibility index (Phi) is 4.12. The first-order chi connectivity index (χ1) is 12.5. The number of sulfone groups is 1. The van der Waals surface area contributed by atoms with Gasteiger partial charge in [0.15, 0.2) is 15.6 Å². The molecule has 0 bridgehead atoms. The van der Waals surface area contributed by atoms with Gasteiger partial charge < -0.3 is 9.73 Å². The average molecular weight is 371 g/mol. The third-order valence-electron chi connectivity index (χ3n) is 4.28. The molecule has 0 aliphatic carbocycles. The van der Waals surface area contributed by atoms with Gasteiger partial charge >= 0.3 is 0 Å². The molecule has 1 amide bonds. The number of aromatic nitrogens is 2. The highest BCUT2D eigenvalue weighted by molar-refractivity contribution is 7.91. The molecule has 0 spiro atoms. The van der Waals surface area contributed by atoms with Crippen LogP contribution in [0.25, 0.3) is 17.1 Å². The van der Waals surface area contributed by atoms with Crippen LogP contribution in [0.5, 0.6) is 0 Å². The van der Waals surface area contributed by atoms with Crippen LogP contribution in [-0.4, -0.2) is 41.7 Å². The van der Waals surface area contributed by atoms with Crippen LogP contribution in [0.1, 0.15) is 16.9 Å². The number of carbonyl (C=O) groups excluding carboxylic acids is 1. The molecule has 0 radical (unpaired) electrons. The standard InChI is InChI=1S/C18H17N3O4S/c22-18(19-13-8-10-26(23,24)12-13)16-11-15(17-7-4-9-25-17)20-21(16)14-5-2-1-3-6-14/h1-7,9,11,13H,8,10,12H2,(H,19,22). The van der Waals surface area contributed by atoms with Gasteiger partial charge in [-0.3, -0.25) is 4.79 Å². The van der Waals surface area contributed by atoms with E-state index >= 15 is 0 Å². The number of nitrogens with zero attached hydrogens (tertiary/aromatic N) is 2. The lowest BCUT2D eigenvalue weighted by Crippen LogP contribution is -2.36. The van der Waals surface area contributed by atoms with Gasteiger partial charge in [0, 0.05) is 12.1 Å². The van der Waals surface area contributed by atoms with E-state index < -0.39 is 9.84 Å². The molecule has 4 rings (SSSR count). The van der Waals surface area contributed by atoms with Crippen molar-refractivity contribution < 1.29 is 17.6 Å². The van der Waals surface area contributed by atoms with Crippen LogP contribution in [0.4, 0.5) is 0 Å². The van der Waals surface area contributed by atoms with E-state index in [2.05, 4.69) is 10.4 Å². The first kappa shape index (κ1) is 16.6. The zero-order valence-electron chi connectivity index (χ0n) is 13.8. The van der Waals surface area contributed by atoms with Crippen LogP contribution in [0.2, 0.25) is 0 Å². The highest BCUT2D eigenvalue weighted by atomic mass is 32.2. The molecule has 7 nitrogen and oxygen atoms in total. The summed E-state index contributed by atoms with van der Waals surface area (Å²) in [4.78, 5) is 12.8. The minimum Gasteiger partial charge on any atom is -0.463 e. The van der Waals surface area contributed by atoms with Gasteiger partial charge in [0.05, 0.1) is 23.5 Å². The van der Waals surface area contributed by atoms with E-state index in [-0.39, 0.29) is 23.5 Å². The fraction of sp³-hybridized carbons (Fsp3) is 0.222. The summed E-state index contributed by atoms with van der Waals surface area (Å²) in [5.41, 5.74) is 1.59. The van der Waals surface area contributed by atoms with Gasteiger partial charge in [-0.25, -0.2) is 13.1 Å². The summed E-state index contributed by atoms with van der Waals surface area (Å²) in [6.07, 6.45) is 1.97. The molecule has 1 aromatic carbocycles. The molecule has 1 aliphatic rings. The van der Waals surface area contributed by atoms with Gasteiger partial charge in [-0.05, 0) is 30.7 Å². The Hall–Kier alpha value is -2.87. The van der Waals surface area contributed by atoms with E-state index in [1.165, 1.54) is 4.68 Å². The molecule has 134 valence electrons. The first-order valence-electron chi connectivity index (χ1n) is 8.22. The van der Waals surface area contributed by atoms with Crippen LogP contribution in [0.3, 0.4) is 0 Å². The lowest BCUT2D eigenvalue weighted by molar-refractivity contribution is 0.0933.